The van der Waals surface area contributed by atoms with Gasteiger partial charge in [-0.2, -0.15) is 4.39 Å². The number of carbonyl (C=O) groups excluding carboxylic acids is 2. The Kier molecular flexibility index (Phi) is 6.02. The highest BCUT2D eigenvalue weighted by molar-refractivity contribution is 5.79. The van der Waals surface area contributed by atoms with E-state index in [1.165, 1.54) is 6.07 Å². The molecular weight excluding hydrogens is 419 g/mol. The standard InChI is InChI=1S/C27H33FN2O3/c1-17(14-26(32)30-13-5-8-19-18(16-31)6-3-9-22(19)30)21-15-29(2)23-10-4-7-20(27(21)23)24-11-12-25(28)33-24/h4,7,10-12,16-19,21-22H,3,5-6,8-9,13-15H2,1-2H3. The maximum absolute atomic E-state index is 13.6. The molecule has 0 N–H and O–H groups in total. The molecule has 0 bridgehead atoms. The van der Waals surface area contributed by atoms with Crippen molar-refractivity contribution in [3.8, 4) is 11.3 Å². The number of rotatable bonds is 5. The molecule has 5 atom stereocenters. The molecule has 33 heavy (non-hydrogen) atoms. The molecular formula is C27H33FN2O3. The zero-order valence-electron chi connectivity index (χ0n) is 19.5. The minimum absolute atomic E-state index is 0.100. The largest absolute Gasteiger partial charge is 0.431 e. The highest BCUT2D eigenvalue weighted by atomic mass is 19.1. The summed E-state index contributed by atoms with van der Waals surface area (Å²) in [6.07, 6.45) is 6.63. The van der Waals surface area contributed by atoms with E-state index in [0.717, 1.165) is 68.3 Å². The third-order valence-electron chi connectivity index (χ3n) is 8.27. The first-order valence-corrected chi connectivity index (χ1v) is 12.3. The quantitative estimate of drug-likeness (QED) is 0.582. The van der Waals surface area contributed by atoms with Crippen molar-refractivity contribution in [1.82, 2.24) is 4.90 Å². The van der Waals surface area contributed by atoms with Crippen LogP contribution in [0.5, 0.6) is 0 Å². The smallest absolute Gasteiger partial charge is 0.278 e. The number of aldehydes is 1. The van der Waals surface area contributed by atoms with Crippen LogP contribution in [-0.4, -0.2) is 43.3 Å². The molecule has 176 valence electrons. The molecule has 2 fully saturated rings. The van der Waals surface area contributed by atoms with E-state index in [0.29, 0.717) is 18.1 Å². The average Bonchev–Trinajstić information content (AvgIpc) is 3.41. The molecule has 0 radical (unpaired) electrons. The number of carbonyl (C=O) groups is 2. The van der Waals surface area contributed by atoms with Gasteiger partial charge in [0.25, 0.3) is 6.01 Å². The molecule has 5 unspecified atom stereocenters. The van der Waals surface area contributed by atoms with Crippen molar-refractivity contribution in [2.45, 2.75) is 57.4 Å². The summed E-state index contributed by atoms with van der Waals surface area (Å²) >= 11 is 0. The molecule has 1 saturated carbocycles. The van der Waals surface area contributed by atoms with Crippen molar-refractivity contribution in [1.29, 1.82) is 0 Å². The van der Waals surface area contributed by atoms with Gasteiger partial charge in [-0.15, -0.1) is 0 Å². The number of anilines is 1. The van der Waals surface area contributed by atoms with Gasteiger partial charge in [0.05, 0.1) is 0 Å². The van der Waals surface area contributed by atoms with E-state index in [-0.39, 0.29) is 29.7 Å². The van der Waals surface area contributed by atoms with Crippen LogP contribution in [0.2, 0.25) is 0 Å². The maximum Gasteiger partial charge on any atom is 0.278 e. The van der Waals surface area contributed by atoms with Gasteiger partial charge in [0.2, 0.25) is 5.91 Å². The fraction of sp³-hybridized carbons (Fsp3) is 0.556. The molecule has 5 rings (SSSR count). The van der Waals surface area contributed by atoms with Crippen LogP contribution in [0.15, 0.2) is 34.7 Å². The minimum atomic E-state index is -0.588. The first kappa shape index (κ1) is 22.2. The minimum Gasteiger partial charge on any atom is -0.431 e. The van der Waals surface area contributed by atoms with Gasteiger partial charge >= 0.3 is 0 Å². The summed E-state index contributed by atoms with van der Waals surface area (Å²) in [4.78, 5) is 29.4. The number of hydrogen-bond donors (Lipinski definition) is 0. The van der Waals surface area contributed by atoms with E-state index < -0.39 is 6.01 Å². The Morgan fingerprint density at radius 1 is 1.21 bits per heavy atom. The fourth-order valence-electron chi connectivity index (χ4n) is 6.64. The van der Waals surface area contributed by atoms with Crippen LogP contribution >= 0.6 is 0 Å². The molecule has 2 aliphatic heterocycles. The van der Waals surface area contributed by atoms with E-state index >= 15 is 0 Å². The zero-order chi connectivity index (χ0) is 23.1. The lowest BCUT2D eigenvalue weighted by Crippen LogP contribution is -2.52. The lowest BCUT2D eigenvalue weighted by atomic mass is 9.71. The van der Waals surface area contributed by atoms with Crippen LogP contribution < -0.4 is 4.90 Å². The third kappa shape index (κ3) is 3.98. The lowest BCUT2D eigenvalue weighted by molar-refractivity contribution is -0.141. The van der Waals surface area contributed by atoms with Gasteiger partial charge in [0.1, 0.15) is 12.0 Å². The summed E-state index contributed by atoms with van der Waals surface area (Å²) < 4.78 is 18.9. The zero-order valence-corrected chi connectivity index (χ0v) is 19.5. The maximum atomic E-state index is 13.6. The molecule has 1 aromatic carbocycles. The summed E-state index contributed by atoms with van der Waals surface area (Å²) in [5.41, 5.74) is 3.17. The van der Waals surface area contributed by atoms with Gasteiger partial charge in [-0.1, -0.05) is 25.5 Å². The number of halogens is 1. The number of nitrogens with zero attached hydrogens (tertiary/aromatic N) is 2. The molecule has 1 aromatic heterocycles. The number of piperidine rings is 1. The molecule has 6 heteroatoms. The van der Waals surface area contributed by atoms with Crippen LogP contribution in [0.25, 0.3) is 11.3 Å². The Morgan fingerprint density at radius 3 is 2.82 bits per heavy atom. The van der Waals surface area contributed by atoms with Crippen molar-refractivity contribution in [2.75, 3.05) is 25.0 Å². The van der Waals surface area contributed by atoms with Crippen molar-refractivity contribution in [2.24, 2.45) is 17.8 Å². The van der Waals surface area contributed by atoms with Gasteiger partial charge in [0.15, 0.2) is 0 Å². The van der Waals surface area contributed by atoms with Gasteiger partial charge in [0, 0.05) is 61.8 Å². The number of hydrogen-bond acceptors (Lipinski definition) is 4. The van der Waals surface area contributed by atoms with E-state index in [9.17, 15) is 14.0 Å². The number of fused-ring (bicyclic) bond motifs is 2. The van der Waals surface area contributed by atoms with Crippen LogP contribution in [-0.2, 0) is 9.59 Å². The van der Waals surface area contributed by atoms with Crippen LogP contribution in [0.1, 0.15) is 56.9 Å². The highest BCUT2D eigenvalue weighted by Gasteiger charge is 2.42. The molecule has 5 nitrogen and oxygen atoms in total. The summed E-state index contributed by atoms with van der Waals surface area (Å²) in [5, 5.41) is 0. The Bertz CT molecular complexity index is 1030. The second-order valence-corrected chi connectivity index (χ2v) is 10.2. The van der Waals surface area contributed by atoms with E-state index in [1.54, 1.807) is 6.07 Å². The molecule has 1 saturated heterocycles. The monoisotopic (exact) mass is 452 g/mol. The molecule has 3 heterocycles. The number of amides is 1. The molecule has 0 spiro atoms. The van der Waals surface area contributed by atoms with Crippen molar-refractivity contribution in [3.63, 3.8) is 0 Å². The number of furan rings is 1. The Labute approximate surface area is 194 Å². The molecule has 1 aliphatic carbocycles. The van der Waals surface area contributed by atoms with Gasteiger partial charge < -0.3 is 19.0 Å². The molecule has 3 aliphatic rings. The summed E-state index contributed by atoms with van der Waals surface area (Å²) in [6, 6.07) is 8.69. The number of likely N-dealkylation sites (N-methyl/N-ethyl adjacent to an activating group) is 1. The van der Waals surface area contributed by atoms with Crippen molar-refractivity contribution >= 4 is 17.9 Å². The number of likely N-dealkylation sites (tertiary alicyclic amines) is 1. The lowest BCUT2D eigenvalue weighted by Gasteiger charge is -2.46. The summed E-state index contributed by atoms with van der Waals surface area (Å²) in [7, 11) is 2.07. The van der Waals surface area contributed by atoms with E-state index in [1.807, 2.05) is 12.1 Å². The van der Waals surface area contributed by atoms with Crippen molar-refractivity contribution < 1.29 is 18.4 Å². The topological polar surface area (TPSA) is 53.8 Å². The van der Waals surface area contributed by atoms with Crippen molar-refractivity contribution in [3.05, 3.63) is 41.9 Å². The Hall–Kier alpha value is -2.63. The predicted octanol–water partition coefficient (Wildman–Crippen LogP) is 5.25. The second kappa shape index (κ2) is 8.96. The van der Waals surface area contributed by atoms with E-state index in [4.69, 9.17) is 4.42 Å². The van der Waals surface area contributed by atoms with Gasteiger partial charge in [-0.3, -0.25) is 4.79 Å². The highest BCUT2D eigenvalue weighted by Crippen LogP contribution is 2.46. The SMILES string of the molecule is CC(CC(=O)N1CCCC2C(C=O)CCCC21)C1CN(C)c2cccc(-c3ccc(F)o3)c21. The van der Waals surface area contributed by atoms with Crippen LogP contribution in [0.4, 0.5) is 10.1 Å². The van der Waals surface area contributed by atoms with E-state index in [2.05, 4.69) is 29.8 Å². The van der Waals surface area contributed by atoms with Crippen LogP contribution in [0.3, 0.4) is 0 Å². The second-order valence-electron chi connectivity index (χ2n) is 10.2. The predicted molar refractivity (Wildman–Crippen MR) is 126 cm³/mol. The Morgan fingerprint density at radius 2 is 2.06 bits per heavy atom. The third-order valence-corrected chi connectivity index (χ3v) is 8.27. The first-order valence-electron chi connectivity index (χ1n) is 12.3. The molecule has 1 amide bonds. The molecule has 2 aromatic rings. The fourth-order valence-corrected chi connectivity index (χ4v) is 6.64. The van der Waals surface area contributed by atoms with Gasteiger partial charge in [-0.25, -0.2) is 0 Å². The Balaban J connectivity index is 1.37. The number of benzene rings is 1. The van der Waals surface area contributed by atoms with Crippen LogP contribution in [0, 0.1) is 23.8 Å². The van der Waals surface area contributed by atoms with Gasteiger partial charge in [-0.05, 0) is 55.2 Å². The summed E-state index contributed by atoms with van der Waals surface area (Å²) in [5.74, 6) is 1.46. The normalized spacial score (nSPS) is 27.7. The first-order chi connectivity index (χ1) is 16.0. The summed E-state index contributed by atoms with van der Waals surface area (Å²) in [6.45, 7) is 3.78. The average molecular weight is 453 g/mol.